The van der Waals surface area contributed by atoms with Gasteiger partial charge in [-0.15, -0.1) is 4.40 Å². The van der Waals surface area contributed by atoms with Crippen molar-refractivity contribution in [1.29, 1.82) is 0 Å². The average molecular weight is 307 g/mol. The van der Waals surface area contributed by atoms with Gasteiger partial charge in [0.05, 0.1) is 0 Å². The number of nitrogens with zero attached hydrogens (tertiary/aromatic N) is 3. The van der Waals surface area contributed by atoms with E-state index in [0.717, 1.165) is 44.1 Å². The Morgan fingerprint density at radius 3 is 2.81 bits per heavy atom. The van der Waals surface area contributed by atoms with Gasteiger partial charge >= 0.3 is 0 Å². The molecule has 2 heterocycles. The summed E-state index contributed by atoms with van der Waals surface area (Å²) in [4.78, 5) is 6.23. The number of likely N-dealkylation sites (tertiary alicyclic amines) is 1. The third-order valence-corrected chi connectivity index (χ3v) is 5.59. The van der Waals surface area contributed by atoms with Crippen molar-refractivity contribution in [3.63, 3.8) is 0 Å². The second-order valence-electron chi connectivity index (χ2n) is 5.87. The van der Waals surface area contributed by atoms with Crippen molar-refractivity contribution in [2.45, 2.75) is 43.4 Å². The quantitative estimate of drug-likeness (QED) is 0.857. The number of hydrogen-bond donors (Lipinski definition) is 0. The van der Waals surface area contributed by atoms with E-state index in [-0.39, 0.29) is 4.90 Å². The first-order chi connectivity index (χ1) is 10.1. The molecule has 2 fully saturated rings. The number of amidine groups is 1. The maximum Gasteiger partial charge on any atom is 0.285 e. The minimum Gasteiger partial charge on any atom is -0.359 e. The van der Waals surface area contributed by atoms with E-state index in [1.54, 1.807) is 18.3 Å². The van der Waals surface area contributed by atoms with Gasteiger partial charge in [0.2, 0.25) is 0 Å². The van der Waals surface area contributed by atoms with E-state index >= 15 is 0 Å². The van der Waals surface area contributed by atoms with E-state index in [2.05, 4.69) is 14.3 Å². The Hall–Kier alpha value is -1.43. The topological polar surface area (TPSA) is 62.6 Å². The van der Waals surface area contributed by atoms with E-state index in [1.807, 2.05) is 0 Å². The molecule has 0 unspecified atom stereocenters. The van der Waals surface area contributed by atoms with E-state index in [0.29, 0.717) is 0 Å². The van der Waals surface area contributed by atoms with Crippen molar-refractivity contribution >= 4 is 15.9 Å². The van der Waals surface area contributed by atoms with Crippen LogP contribution in [0.2, 0.25) is 0 Å². The van der Waals surface area contributed by atoms with Crippen molar-refractivity contribution in [3.05, 3.63) is 24.5 Å². The molecule has 0 spiro atoms. The predicted octanol–water partition coefficient (Wildman–Crippen LogP) is 2.45. The second-order valence-corrected chi connectivity index (χ2v) is 7.48. The first kappa shape index (κ1) is 14.5. The molecule has 0 N–H and O–H groups in total. The molecule has 6 heteroatoms. The van der Waals surface area contributed by atoms with Gasteiger partial charge in [-0.25, -0.2) is 0 Å². The van der Waals surface area contributed by atoms with Gasteiger partial charge in [0.1, 0.15) is 10.7 Å². The Morgan fingerprint density at radius 1 is 1.29 bits per heavy atom. The van der Waals surface area contributed by atoms with Gasteiger partial charge in [-0.1, -0.05) is 6.42 Å². The molecule has 1 aromatic heterocycles. The van der Waals surface area contributed by atoms with Crippen LogP contribution in [0.25, 0.3) is 0 Å². The van der Waals surface area contributed by atoms with Crippen LogP contribution in [0.5, 0.6) is 0 Å². The second kappa shape index (κ2) is 6.13. The summed E-state index contributed by atoms with van der Waals surface area (Å²) in [5.74, 6) is 1.45. The Bertz CT molecular complexity index is 609. The van der Waals surface area contributed by atoms with Crippen LogP contribution in [-0.2, 0) is 10.0 Å². The molecular weight excluding hydrogens is 286 g/mol. The Kier molecular flexibility index (Phi) is 4.24. The largest absolute Gasteiger partial charge is 0.359 e. The lowest BCUT2D eigenvalue weighted by molar-refractivity contribution is 0.228. The molecule has 5 nitrogen and oxygen atoms in total. The maximum absolute atomic E-state index is 12.4. The Labute approximate surface area is 126 Å². The SMILES string of the molecule is O=S(=O)(/N=C1\CCCCN1CC1CCC1)c1cccnc1. The van der Waals surface area contributed by atoms with Gasteiger partial charge in [-0.05, 0) is 43.7 Å². The summed E-state index contributed by atoms with van der Waals surface area (Å²) in [5.41, 5.74) is 0. The highest BCUT2D eigenvalue weighted by atomic mass is 32.2. The summed E-state index contributed by atoms with van der Waals surface area (Å²) in [6.45, 7) is 1.89. The zero-order valence-corrected chi connectivity index (χ0v) is 12.9. The normalized spacial score (nSPS) is 22.3. The molecule has 0 radical (unpaired) electrons. The molecule has 0 atom stereocenters. The highest BCUT2D eigenvalue weighted by molar-refractivity contribution is 7.90. The molecular formula is C15H21N3O2S. The molecule has 1 aliphatic carbocycles. The van der Waals surface area contributed by atoms with Crippen molar-refractivity contribution in [2.24, 2.45) is 10.3 Å². The number of hydrogen-bond acceptors (Lipinski definition) is 3. The third kappa shape index (κ3) is 3.43. The molecule has 1 saturated heterocycles. The first-order valence-corrected chi connectivity index (χ1v) is 9.08. The summed E-state index contributed by atoms with van der Waals surface area (Å²) >= 11 is 0. The summed E-state index contributed by atoms with van der Waals surface area (Å²) in [6.07, 6.45) is 9.65. The monoisotopic (exact) mass is 307 g/mol. The minimum atomic E-state index is -3.63. The maximum atomic E-state index is 12.4. The van der Waals surface area contributed by atoms with Crippen LogP contribution in [0.3, 0.4) is 0 Å². The zero-order chi connectivity index (χ0) is 14.7. The molecule has 2 aliphatic rings. The van der Waals surface area contributed by atoms with Crippen molar-refractivity contribution in [1.82, 2.24) is 9.88 Å². The van der Waals surface area contributed by atoms with Crippen LogP contribution < -0.4 is 0 Å². The molecule has 3 rings (SSSR count). The van der Waals surface area contributed by atoms with E-state index < -0.39 is 10.0 Å². The fraction of sp³-hybridized carbons (Fsp3) is 0.600. The summed E-state index contributed by atoms with van der Waals surface area (Å²) in [5, 5.41) is 0. The van der Waals surface area contributed by atoms with Crippen LogP contribution >= 0.6 is 0 Å². The van der Waals surface area contributed by atoms with Gasteiger partial charge in [-0.3, -0.25) is 4.98 Å². The first-order valence-electron chi connectivity index (χ1n) is 7.64. The fourth-order valence-electron chi connectivity index (χ4n) is 2.85. The molecule has 1 aliphatic heterocycles. The molecule has 1 saturated carbocycles. The zero-order valence-electron chi connectivity index (χ0n) is 12.1. The summed E-state index contributed by atoms with van der Waals surface area (Å²) in [7, 11) is -3.63. The number of aromatic nitrogens is 1. The van der Waals surface area contributed by atoms with Crippen molar-refractivity contribution < 1.29 is 8.42 Å². The highest BCUT2D eigenvalue weighted by Gasteiger charge is 2.26. The Balaban J connectivity index is 1.81. The Morgan fingerprint density at radius 2 is 2.14 bits per heavy atom. The molecule has 114 valence electrons. The van der Waals surface area contributed by atoms with Crippen LogP contribution in [0.15, 0.2) is 33.8 Å². The summed E-state index contributed by atoms with van der Waals surface area (Å²) in [6, 6.07) is 3.17. The van der Waals surface area contributed by atoms with Crippen LogP contribution in [-0.4, -0.2) is 37.2 Å². The van der Waals surface area contributed by atoms with Gasteiger partial charge in [0.25, 0.3) is 10.0 Å². The fourth-order valence-corrected chi connectivity index (χ4v) is 3.89. The van der Waals surface area contributed by atoms with Gasteiger partial charge in [0.15, 0.2) is 0 Å². The smallest absolute Gasteiger partial charge is 0.285 e. The van der Waals surface area contributed by atoms with Crippen molar-refractivity contribution in [3.8, 4) is 0 Å². The molecule has 21 heavy (non-hydrogen) atoms. The minimum absolute atomic E-state index is 0.173. The number of sulfonamides is 1. The van der Waals surface area contributed by atoms with E-state index in [4.69, 9.17) is 0 Å². The van der Waals surface area contributed by atoms with Crippen molar-refractivity contribution in [2.75, 3.05) is 13.1 Å². The highest BCUT2D eigenvalue weighted by Crippen LogP contribution is 2.28. The molecule has 1 aromatic rings. The lowest BCUT2D eigenvalue weighted by atomic mass is 9.85. The number of rotatable bonds is 4. The lowest BCUT2D eigenvalue weighted by Crippen LogP contribution is -2.40. The van der Waals surface area contributed by atoms with Crippen LogP contribution in [0, 0.1) is 5.92 Å². The predicted molar refractivity (Wildman–Crippen MR) is 81.6 cm³/mol. The lowest BCUT2D eigenvalue weighted by Gasteiger charge is -2.36. The number of piperidine rings is 1. The molecule has 0 bridgehead atoms. The van der Waals surface area contributed by atoms with Gasteiger partial charge < -0.3 is 4.90 Å². The van der Waals surface area contributed by atoms with E-state index in [1.165, 1.54) is 25.5 Å². The van der Waals surface area contributed by atoms with E-state index in [9.17, 15) is 8.42 Å². The van der Waals surface area contributed by atoms with Crippen LogP contribution in [0.1, 0.15) is 38.5 Å². The standard InChI is InChI=1S/C15H21N3O2S/c19-21(20,14-7-4-9-16-11-14)17-15-8-1-2-10-18(15)12-13-5-3-6-13/h4,7,9,11,13H,1-3,5-6,8,10,12H2/b17-15+. The van der Waals surface area contributed by atoms with Gasteiger partial charge in [-0.2, -0.15) is 8.42 Å². The molecule has 0 amide bonds. The summed E-state index contributed by atoms with van der Waals surface area (Å²) < 4.78 is 28.8. The molecule has 0 aromatic carbocycles. The average Bonchev–Trinajstić information content (AvgIpc) is 2.45. The third-order valence-electron chi connectivity index (χ3n) is 4.30. The van der Waals surface area contributed by atoms with Gasteiger partial charge in [0, 0.05) is 31.9 Å². The van der Waals surface area contributed by atoms with Crippen LogP contribution in [0.4, 0.5) is 0 Å². The number of pyridine rings is 1.